The van der Waals surface area contributed by atoms with Crippen molar-refractivity contribution in [1.29, 1.82) is 0 Å². The van der Waals surface area contributed by atoms with Gasteiger partial charge in [0.1, 0.15) is 9.84 Å². The van der Waals surface area contributed by atoms with Crippen LogP contribution in [0.2, 0.25) is 0 Å². The molecule has 0 bridgehead atoms. The van der Waals surface area contributed by atoms with Crippen molar-refractivity contribution in [2.75, 3.05) is 19.1 Å². The maximum absolute atomic E-state index is 11.2. The number of halogens is 1. The standard InChI is InChI=1S/C9H13BrO3S/c1-13-8-5-3-4-6-9(8,10)7-14(2,11)12/h3-6,8H,7H2,1-2H3. The van der Waals surface area contributed by atoms with Crippen LogP contribution in [0.3, 0.4) is 0 Å². The Morgan fingerprint density at radius 3 is 2.64 bits per heavy atom. The molecule has 0 spiro atoms. The van der Waals surface area contributed by atoms with Gasteiger partial charge in [-0.1, -0.05) is 40.2 Å². The highest BCUT2D eigenvalue weighted by atomic mass is 79.9. The van der Waals surface area contributed by atoms with Crippen molar-refractivity contribution in [1.82, 2.24) is 0 Å². The normalized spacial score (nSPS) is 32.1. The van der Waals surface area contributed by atoms with Crippen molar-refractivity contribution >= 4 is 25.8 Å². The SMILES string of the molecule is COC1C=CC=CC1(Br)CS(C)(=O)=O. The van der Waals surface area contributed by atoms with Gasteiger partial charge in [-0.25, -0.2) is 8.42 Å². The molecule has 2 atom stereocenters. The molecule has 0 aromatic carbocycles. The quantitative estimate of drug-likeness (QED) is 0.732. The van der Waals surface area contributed by atoms with E-state index in [-0.39, 0.29) is 11.9 Å². The van der Waals surface area contributed by atoms with E-state index in [4.69, 9.17) is 4.74 Å². The number of hydrogen-bond acceptors (Lipinski definition) is 3. The summed E-state index contributed by atoms with van der Waals surface area (Å²) in [5, 5.41) is 0. The number of sulfone groups is 1. The lowest BCUT2D eigenvalue weighted by Crippen LogP contribution is -2.41. The third-order valence-corrected chi connectivity index (χ3v) is 4.35. The Kier molecular flexibility index (Phi) is 3.55. The minimum absolute atomic E-state index is 0.0271. The van der Waals surface area contributed by atoms with Crippen LogP contribution in [0.4, 0.5) is 0 Å². The van der Waals surface area contributed by atoms with Crippen LogP contribution in [-0.4, -0.2) is 38.0 Å². The Labute approximate surface area is 92.9 Å². The van der Waals surface area contributed by atoms with Gasteiger partial charge in [0, 0.05) is 13.4 Å². The molecule has 0 fully saturated rings. The average molecular weight is 281 g/mol. The first-order valence-electron chi connectivity index (χ1n) is 4.13. The molecule has 0 aromatic heterocycles. The summed E-state index contributed by atoms with van der Waals surface area (Å²) in [5.74, 6) is 0.0271. The zero-order chi connectivity index (χ0) is 10.8. The van der Waals surface area contributed by atoms with Gasteiger partial charge in [0.25, 0.3) is 0 Å². The van der Waals surface area contributed by atoms with Gasteiger partial charge in [-0.15, -0.1) is 0 Å². The van der Waals surface area contributed by atoms with Crippen molar-refractivity contribution in [3.63, 3.8) is 0 Å². The maximum Gasteiger partial charge on any atom is 0.149 e. The molecule has 1 aliphatic carbocycles. The van der Waals surface area contributed by atoms with Crippen LogP contribution in [0.1, 0.15) is 0 Å². The number of hydrogen-bond donors (Lipinski definition) is 0. The first-order chi connectivity index (χ1) is 6.37. The lowest BCUT2D eigenvalue weighted by molar-refractivity contribution is 0.126. The second-order valence-corrected chi connectivity index (χ2v) is 7.01. The Morgan fingerprint density at radius 2 is 2.14 bits per heavy atom. The third-order valence-electron chi connectivity index (χ3n) is 1.98. The summed E-state index contributed by atoms with van der Waals surface area (Å²) in [4.78, 5) is 0. The molecule has 0 aromatic rings. The van der Waals surface area contributed by atoms with Crippen LogP contribution < -0.4 is 0 Å². The number of ether oxygens (including phenoxy) is 1. The largest absolute Gasteiger partial charge is 0.376 e. The molecule has 0 amide bonds. The van der Waals surface area contributed by atoms with E-state index in [9.17, 15) is 8.42 Å². The van der Waals surface area contributed by atoms with Gasteiger partial charge >= 0.3 is 0 Å². The molecule has 14 heavy (non-hydrogen) atoms. The van der Waals surface area contributed by atoms with Crippen LogP contribution >= 0.6 is 15.9 Å². The van der Waals surface area contributed by atoms with Crippen molar-refractivity contribution in [2.24, 2.45) is 0 Å². The first-order valence-corrected chi connectivity index (χ1v) is 6.98. The molecule has 3 nitrogen and oxygen atoms in total. The molecule has 0 aliphatic heterocycles. The van der Waals surface area contributed by atoms with Gasteiger partial charge in [-0.3, -0.25) is 0 Å². The molecule has 1 aliphatic rings. The fourth-order valence-electron chi connectivity index (χ4n) is 1.44. The highest BCUT2D eigenvalue weighted by molar-refractivity contribution is 9.10. The van der Waals surface area contributed by atoms with Gasteiger partial charge in [0.15, 0.2) is 0 Å². The maximum atomic E-state index is 11.2. The summed E-state index contributed by atoms with van der Waals surface area (Å²) in [5.41, 5.74) is 0. The predicted molar refractivity (Wildman–Crippen MR) is 60.4 cm³/mol. The van der Waals surface area contributed by atoms with E-state index in [1.807, 2.05) is 24.3 Å². The summed E-state index contributed by atoms with van der Waals surface area (Å²) >= 11 is 3.42. The number of allylic oxidation sites excluding steroid dienone is 2. The molecule has 5 heteroatoms. The molecular formula is C9H13BrO3S. The lowest BCUT2D eigenvalue weighted by Gasteiger charge is -2.31. The Morgan fingerprint density at radius 1 is 1.50 bits per heavy atom. The van der Waals surface area contributed by atoms with E-state index in [1.165, 1.54) is 6.26 Å². The van der Waals surface area contributed by atoms with Gasteiger partial charge in [0.05, 0.1) is 16.2 Å². The fraction of sp³-hybridized carbons (Fsp3) is 0.556. The smallest absolute Gasteiger partial charge is 0.149 e. The summed E-state index contributed by atoms with van der Waals surface area (Å²) < 4.78 is 27.0. The van der Waals surface area contributed by atoms with Crippen molar-refractivity contribution in [3.05, 3.63) is 24.3 Å². The van der Waals surface area contributed by atoms with E-state index in [1.54, 1.807) is 7.11 Å². The Balaban J connectivity index is 2.92. The molecule has 0 N–H and O–H groups in total. The van der Waals surface area contributed by atoms with Crippen molar-refractivity contribution in [2.45, 2.75) is 10.4 Å². The Hall–Kier alpha value is -0.130. The molecule has 0 saturated carbocycles. The predicted octanol–water partition coefficient (Wildman–Crippen LogP) is 1.31. The van der Waals surface area contributed by atoms with Crippen molar-refractivity contribution in [3.8, 4) is 0 Å². The number of methoxy groups -OCH3 is 1. The first kappa shape index (κ1) is 11.9. The topological polar surface area (TPSA) is 43.4 Å². The molecular weight excluding hydrogens is 268 g/mol. The van der Waals surface area contributed by atoms with Gasteiger partial charge < -0.3 is 4.74 Å². The van der Waals surface area contributed by atoms with E-state index >= 15 is 0 Å². The highest BCUT2D eigenvalue weighted by Crippen LogP contribution is 2.31. The van der Waals surface area contributed by atoms with Crippen LogP contribution in [-0.2, 0) is 14.6 Å². The average Bonchev–Trinajstić information content (AvgIpc) is 2.01. The van der Waals surface area contributed by atoms with E-state index in [2.05, 4.69) is 15.9 Å². The molecule has 1 rings (SSSR count). The second-order valence-electron chi connectivity index (χ2n) is 3.40. The number of rotatable bonds is 3. The third kappa shape index (κ3) is 2.93. The zero-order valence-corrected chi connectivity index (χ0v) is 10.5. The minimum Gasteiger partial charge on any atom is -0.376 e. The van der Waals surface area contributed by atoms with Crippen LogP contribution in [0, 0.1) is 0 Å². The zero-order valence-electron chi connectivity index (χ0n) is 8.10. The van der Waals surface area contributed by atoms with E-state index in [0.29, 0.717) is 0 Å². The summed E-state index contributed by atoms with van der Waals surface area (Å²) in [6, 6.07) is 0. The molecule has 2 unspecified atom stereocenters. The van der Waals surface area contributed by atoms with Crippen molar-refractivity contribution < 1.29 is 13.2 Å². The molecule has 0 heterocycles. The fourth-order valence-corrected chi connectivity index (χ4v) is 4.25. The lowest BCUT2D eigenvalue weighted by atomic mass is 9.99. The summed E-state index contributed by atoms with van der Waals surface area (Å²) in [6.07, 6.45) is 8.27. The number of alkyl halides is 1. The molecule has 80 valence electrons. The van der Waals surface area contributed by atoms with E-state index in [0.717, 1.165) is 0 Å². The highest BCUT2D eigenvalue weighted by Gasteiger charge is 2.37. The monoisotopic (exact) mass is 280 g/mol. The second kappa shape index (κ2) is 4.16. The van der Waals surface area contributed by atoms with E-state index < -0.39 is 14.2 Å². The van der Waals surface area contributed by atoms with Crippen LogP contribution in [0.25, 0.3) is 0 Å². The summed E-state index contributed by atoms with van der Waals surface area (Å²) in [7, 11) is -1.48. The van der Waals surface area contributed by atoms with Crippen LogP contribution in [0.5, 0.6) is 0 Å². The summed E-state index contributed by atoms with van der Waals surface area (Å²) in [6.45, 7) is 0. The minimum atomic E-state index is -3.04. The molecule has 0 radical (unpaired) electrons. The molecule has 0 saturated heterocycles. The van der Waals surface area contributed by atoms with Gasteiger partial charge in [0.2, 0.25) is 0 Å². The van der Waals surface area contributed by atoms with Crippen LogP contribution in [0.15, 0.2) is 24.3 Å². The van der Waals surface area contributed by atoms with Gasteiger partial charge in [-0.05, 0) is 0 Å². The Bertz CT molecular complexity index is 358. The van der Waals surface area contributed by atoms with Gasteiger partial charge in [-0.2, -0.15) is 0 Å².